The van der Waals surface area contributed by atoms with E-state index in [1.807, 2.05) is 13.0 Å². The number of nitrogens with zero attached hydrogens (tertiary/aromatic N) is 4. The van der Waals surface area contributed by atoms with Crippen LogP contribution in [0.1, 0.15) is 24.6 Å². The number of halogens is 2. The van der Waals surface area contributed by atoms with Crippen molar-refractivity contribution in [3.05, 3.63) is 33.3 Å². The predicted octanol–water partition coefficient (Wildman–Crippen LogP) is 2.66. The van der Waals surface area contributed by atoms with Gasteiger partial charge in [0, 0.05) is 18.8 Å². The third-order valence-corrected chi connectivity index (χ3v) is 3.41. The molecule has 0 aromatic carbocycles. The third kappa shape index (κ3) is 2.99. The molecule has 2 heterocycles. The number of carbonyl (C=O) groups excluding carboxylic acids is 1. The second-order valence-corrected chi connectivity index (χ2v) is 5.02. The summed E-state index contributed by atoms with van der Waals surface area (Å²) in [5.41, 5.74) is 2.03. The van der Waals surface area contributed by atoms with Crippen LogP contribution in [-0.4, -0.2) is 34.0 Å². The molecule has 106 valence electrons. The van der Waals surface area contributed by atoms with Gasteiger partial charge in [0.15, 0.2) is 0 Å². The molecule has 0 saturated carbocycles. The first-order chi connectivity index (χ1) is 9.56. The fourth-order valence-electron chi connectivity index (χ4n) is 2.07. The molecule has 0 radical (unpaired) electrons. The van der Waals surface area contributed by atoms with Crippen LogP contribution in [0, 0.1) is 0 Å². The van der Waals surface area contributed by atoms with Crippen LogP contribution >= 0.6 is 23.2 Å². The van der Waals surface area contributed by atoms with E-state index in [1.54, 1.807) is 18.2 Å². The van der Waals surface area contributed by atoms with E-state index >= 15 is 0 Å². The SMILES string of the molecule is CC/C=C(\C=NC)C(=O)N1Cc2nc(Cl)nc(Cl)c2C1. The Morgan fingerprint density at radius 1 is 1.40 bits per heavy atom. The average Bonchev–Trinajstić information content (AvgIpc) is 2.81. The molecule has 0 saturated heterocycles. The predicted molar refractivity (Wildman–Crippen MR) is 79.1 cm³/mol. The van der Waals surface area contributed by atoms with Crippen molar-refractivity contribution < 1.29 is 4.79 Å². The lowest BCUT2D eigenvalue weighted by Crippen LogP contribution is -2.27. The van der Waals surface area contributed by atoms with E-state index in [2.05, 4.69) is 15.0 Å². The molecule has 1 aliphatic rings. The Labute approximate surface area is 127 Å². The fraction of sp³-hybridized carbons (Fsp3) is 0.385. The first-order valence-electron chi connectivity index (χ1n) is 6.19. The van der Waals surface area contributed by atoms with Crippen molar-refractivity contribution >= 4 is 35.3 Å². The minimum absolute atomic E-state index is 0.0948. The third-order valence-electron chi connectivity index (χ3n) is 2.93. The molecule has 0 spiro atoms. The summed E-state index contributed by atoms with van der Waals surface area (Å²) < 4.78 is 0. The summed E-state index contributed by atoms with van der Waals surface area (Å²) >= 11 is 11.8. The normalized spacial score (nSPS) is 15.0. The second kappa shape index (κ2) is 6.33. The molecule has 2 rings (SSSR count). The Morgan fingerprint density at radius 3 is 2.80 bits per heavy atom. The van der Waals surface area contributed by atoms with Gasteiger partial charge in [0.05, 0.1) is 24.4 Å². The number of hydrogen-bond donors (Lipinski definition) is 0. The van der Waals surface area contributed by atoms with Crippen LogP contribution in [0.4, 0.5) is 0 Å². The maximum Gasteiger partial charge on any atom is 0.255 e. The Balaban J connectivity index is 2.24. The molecule has 20 heavy (non-hydrogen) atoms. The van der Waals surface area contributed by atoms with Crippen LogP contribution in [0.2, 0.25) is 10.4 Å². The molecule has 5 nitrogen and oxygen atoms in total. The highest BCUT2D eigenvalue weighted by Gasteiger charge is 2.28. The number of fused-ring (bicyclic) bond motifs is 1. The van der Waals surface area contributed by atoms with Gasteiger partial charge < -0.3 is 4.90 Å². The van der Waals surface area contributed by atoms with Crippen LogP contribution in [0.25, 0.3) is 0 Å². The van der Waals surface area contributed by atoms with Crippen molar-refractivity contribution in [2.75, 3.05) is 7.05 Å². The average molecular weight is 313 g/mol. The summed E-state index contributed by atoms with van der Waals surface area (Å²) in [7, 11) is 1.64. The summed E-state index contributed by atoms with van der Waals surface area (Å²) in [6.07, 6.45) is 4.17. The van der Waals surface area contributed by atoms with E-state index in [1.165, 1.54) is 0 Å². The summed E-state index contributed by atoms with van der Waals surface area (Å²) in [6.45, 7) is 2.75. The highest BCUT2D eigenvalue weighted by atomic mass is 35.5. The number of allylic oxidation sites excluding steroid dienone is 1. The van der Waals surface area contributed by atoms with E-state index in [9.17, 15) is 4.79 Å². The Hall–Kier alpha value is -1.46. The molecule has 0 aliphatic carbocycles. The van der Waals surface area contributed by atoms with Gasteiger partial charge in [-0.25, -0.2) is 9.97 Å². The molecule has 1 aliphatic heterocycles. The van der Waals surface area contributed by atoms with Crippen molar-refractivity contribution in [2.24, 2.45) is 4.99 Å². The molecule has 0 N–H and O–H groups in total. The van der Waals surface area contributed by atoms with E-state index < -0.39 is 0 Å². The Bertz CT molecular complexity index is 598. The highest BCUT2D eigenvalue weighted by Crippen LogP contribution is 2.28. The van der Waals surface area contributed by atoms with Gasteiger partial charge >= 0.3 is 0 Å². The summed E-state index contributed by atoms with van der Waals surface area (Å²) in [6, 6.07) is 0. The minimum Gasteiger partial charge on any atom is -0.328 e. The van der Waals surface area contributed by atoms with Crippen LogP contribution in [0.3, 0.4) is 0 Å². The Morgan fingerprint density at radius 2 is 2.15 bits per heavy atom. The number of aliphatic imine (C=N–C) groups is 1. The van der Waals surface area contributed by atoms with Crippen LogP contribution < -0.4 is 0 Å². The zero-order chi connectivity index (χ0) is 14.7. The smallest absolute Gasteiger partial charge is 0.255 e. The lowest BCUT2D eigenvalue weighted by atomic mass is 10.2. The van der Waals surface area contributed by atoms with E-state index in [0.717, 1.165) is 12.0 Å². The number of aromatic nitrogens is 2. The van der Waals surface area contributed by atoms with Crippen molar-refractivity contribution in [1.29, 1.82) is 0 Å². The zero-order valence-electron chi connectivity index (χ0n) is 11.2. The maximum atomic E-state index is 12.4. The number of hydrogen-bond acceptors (Lipinski definition) is 4. The van der Waals surface area contributed by atoms with Crippen molar-refractivity contribution in [3.63, 3.8) is 0 Å². The van der Waals surface area contributed by atoms with E-state index in [4.69, 9.17) is 23.2 Å². The molecular weight excluding hydrogens is 299 g/mol. The lowest BCUT2D eigenvalue weighted by molar-refractivity contribution is -0.127. The van der Waals surface area contributed by atoms with Gasteiger partial charge in [0.25, 0.3) is 5.91 Å². The molecule has 1 aromatic heterocycles. The second-order valence-electron chi connectivity index (χ2n) is 4.32. The van der Waals surface area contributed by atoms with Crippen LogP contribution in [-0.2, 0) is 17.9 Å². The van der Waals surface area contributed by atoms with Gasteiger partial charge in [-0.05, 0) is 18.0 Å². The Kier molecular flexibility index (Phi) is 4.73. The summed E-state index contributed by atoms with van der Waals surface area (Å²) in [5, 5.41) is 0.406. The van der Waals surface area contributed by atoms with Gasteiger partial charge in [0.2, 0.25) is 5.28 Å². The largest absolute Gasteiger partial charge is 0.328 e. The fourth-order valence-corrected chi connectivity index (χ4v) is 2.55. The van der Waals surface area contributed by atoms with Gasteiger partial charge in [-0.1, -0.05) is 24.6 Å². The molecule has 0 unspecified atom stereocenters. The van der Waals surface area contributed by atoms with Gasteiger partial charge in [0.1, 0.15) is 5.15 Å². The van der Waals surface area contributed by atoms with Gasteiger partial charge in [-0.3, -0.25) is 9.79 Å². The van der Waals surface area contributed by atoms with Crippen molar-refractivity contribution in [3.8, 4) is 0 Å². The van der Waals surface area contributed by atoms with Gasteiger partial charge in [-0.15, -0.1) is 0 Å². The number of amides is 1. The number of carbonyl (C=O) groups is 1. The molecule has 0 bridgehead atoms. The highest BCUT2D eigenvalue weighted by molar-refractivity contribution is 6.32. The van der Waals surface area contributed by atoms with Crippen LogP contribution in [0.5, 0.6) is 0 Å². The lowest BCUT2D eigenvalue weighted by Gasteiger charge is -2.15. The van der Waals surface area contributed by atoms with Gasteiger partial charge in [-0.2, -0.15) is 0 Å². The first-order valence-corrected chi connectivity index (χ1v) is 6.94. The topological polar surface area (TPSA) is 58.5 Å². The zero-order valence-corrected chi connectivity index (χ0v) is 12.7. The van der Waals surface area contributed by atoms with E-state index in [0.29, 0.717) is 29.5 Å². The minimum atomic E-state index is -0.0948. The quantitative estimate of drug-likeness (QED) is 0.373. The van der Waals surface area contributed by atoms with Crippen LogP contribution in [0.15, 0.2) is 16.6 Å². The maximum absolute atomic E-state index is 12.4. The monoisotopic (exact) mass is 312 g/mol. The molecule has 0 fully saturated rings. The first kappa shape index (κ1) is 14.9. The van der Waals surface area contributed by atoms with Crippen molar-refractivity contribution in [2.45, 2.75) is 26.4 Å². The molecule has 7 heteroatoms. The summed E-state index contributed by atoms with van der Waals surface area (Å²) in [5.74, 6) is -0.0948. The summed E-state index contributed by atoms with van der Waals surface area (Å²) in [4.78, 5) is 26.0. The molecule has 1 amide bonds. The standard InChI is InChI=1S/C13H14Cl2N4O/c1-3-4-8(5-16-2)12(20)19-6-9-10(7-19)17-13(15)18-11(9)14/h4-5H,3,6-7H2,1-2H3/b8-4+,16-5?. The van der Waals surface area contributed by atoms with E-state index in [-0.39, 0.29) is 11.2 Å². The van der Waals surface area contributed by atoms with Crippen molar-refractivity contribution in [1.82, 2.24) is 14.9 Å². The molecule has 0 atom stereocenters. The number of rotatable bonds is 3. The molecule has 1 aromatic rings. The molecular formula is C13H14Cl2N4O.